The first kappa shape index (κ1) is 14.1. The van der Waals surface area contributed by atoms with E-state index in [1.165, 1.54) is 11.8 Å². The smallest absolute Gasteiger partial charge is 0.221 e. The van der Waals surface area contributed by atoms with Crippen LogP contribution in [-0.2, 0) is 11.3 Å². The number of rotatable bonds is 4. The largest absolute Gasteiger partial charge is 0.380 e. The van der Waals surface area contributed by atoms with E-state index in [2.05, 4.69) is 32.6 Å². The van der Waals surface area contributed by atoms with Crippen molar-refractivity contribution in [2.45, 2.75) is 20.4 Å². The number of nitrogens with one attached hydrogen (secondary N) is 2. The van der Waals surface area contributed by atoms with E-state index in [9.17, 15) is 4.79 Å². The first-order chi connectivity index (χ1) is 9.04. The van der Waals surface area contributed by atoms with Gasteiger partial charge < -0.3 is 10.6 Å². The number of hydrogen-bond donors (Lipinski definition) is 2. The summed E-state index contributed by atoms with van der Waals surface area (Å²) in [6, 6.07) is 10.00. The lowest BCUT2D eigenvalue weighted by atomic mass is 10.1. The summed E-state index contributed by atoms with van der Waals surface area (Å²) < 4.78 is 1.13. The normalized spacial score (nSPS) is 10.3. The average Bonchev–Trinajstić information content (AvgIpc) is 2.75. The van der Waals surface area contributed by atoms with Crippen LogP contribution in [0.25, 0.3) is 0 Å². The van der Waals surface area contributed by atoms with Crippen molar-refractivity contribution in [2.24, 2.45) is 0 Å². The van der Waals surface area contributed by atoms with Gasteiger partial charge in [-0.25, -0.2) is 0 Å². The van der Waals surface area contributed by atoms with Crippen LogP contribution in [0.2, 0.25) is 0 Å². The van der Waals surface area contributed by atoms with E-state index < -0.39 is 0 Å². The molecular formula is C14H15BrN2OS. The van der Waals surface area contributed by atoms with Crippen LogP contribution in [0.1, 0.15) is 17.4 Å². The predicted octanol–water partition coefficient (Wildman–Crippen LogP) is 4.39. The van der Waals surface area contributed by atoms with Crippen LogP contribution in [0.5, 0.6) is 0 Å². The van der Waals surface area contributed by atoms with Crippen molar-refractivity contribution in [1.29, 1.82) is 0 Å². The maximum Gasteiger partial charge on any atom is 0.221 e. The second-order valence-corrected chi connectivity index (χ2v) is 6.82. The molecule has 0 radical (unpaired) electrons. The van der Waals surface area contributed by atoms with Crippen molar-refractivity contribution in [2.75, 3.05) is 10.6 Å². The monoisotopic (exact) mass is 338 g/mol. The fraction of sp³-hybridized carbons (Fsp3) is 0.214. The number of benzene rings is 1. The van der Waals surface area contributed by atoms with Gasteiger partial charge in [-0.1, -0.05) is 6.07 Å². The summed E-state index contributed by atoms with van der Waals surface area (Å²) >= 11 is 5.17. The van der Waals surface area contributed by atoms with Gasteiger partial charge in [0.05, 0.1) is 3.79 Å². The van der Waals surface area contributed by atoms with E-state index in [4.69, 9.17) is 0 Å². The van der Waals surface area contributed by atoms with Crippen LogP contribution in [0.4, 0.5) is 11.4 Å². The van der Waals surface area contributed by atoms with Gasteiger partial charge in [-0.3, -0.25) is 4.79 Å². The van der Waals surface area contributed by atoms with Gasteiger partial charge in [0.15, 0.2) is 0 Å². The van der Waals surface area contributed by atoms with Crippen LogP contribution < -0.4 is 10.6 Å². The zero-order valence-electron chi connectivity index (χ0n) is 10.8. The zero-order valence-corrected chi connectivity index (χ0v) is 13.2. The average molecular weight is 339 g/mol. The number of aryl methyl sites for hydroxylation is 1. The van der Waals surface area contributed by atoms with E-state index >= 15 is 0 Å². The van der Waals surface area contributed by atoms with Crippen molar-refractivity contribution in [1.82, 2.24) is 0 Å². The highest BCUT2D eigenvalue weighted by molar-refractivity contribution is 9.11. The summed E-state index contributed by atoms with van der Waals surface area (Å²) in [6.07, 6.45) is 0. The van der Waals surface area contributed by atoms with Crippen molar-refractivity contribution < 1.29 is 4.79 Å². The number of thiophene rings is 1. The highest BCUT2D eigenvalue weighted by atomic mass is 79.9. The van der Waals surface area contributed by atoms with Gasteiger partial charge in [0.2, 0.25) is 5.91 Å². The predicted molar refractivity (Wildman–Crippen MR) is 84.8 cm³/mol. The van der Waals surface area contributed by atoms with Gasteiger partial charge in [0, 0.05) is 29.7 Å². The van der Waals surface area contributed by atoms with E-state index in [1.54, 1.807) is 11.3 Å². The molecule has 0 spiro atoms. The molecule has 0 aliphatic rings. The first-order valence-electron chi connectivity index (χ1n) is 5.91. The van der Waals surface area contributed by atoms with Crippen molar-refractivity contribution in [3.05, 3.63) is 44.6 Å². The number of carbonyl (C=O) groups is 1. The minimum atomic E-state index is -0.0583. The van der Waals surface area contributed by atoms with Crippen LogP contribution in [0.3, 0.4) is 0 Å². The van der Waals surface area contributed by atoms with Gasteiger partial charge in [-0.2, -0.15) is 0 Å². The maximum absolute atomic E-state index is 11.1. The summed E-state index contributed by atoms with van der Waals surface area (Å²) in [5.74, 6) is -0.0583. The standard InChI is InChI=1S/C14H15BrN2OS/c1-9-3-4-11(17-10(2)18)7-13(9)16-8-12-5-6-14(15)19-12/h3-7,16H,8H2,1-2H3,(H,17,18). The topological polar surface area (TPSA) is 41.1 Å². The Kier molecular flexibility index (Phi) is 4.61. The third-order valence-corrected chi connectivity index (χ3v) is 4.26. The molecule has 2 rings (SSSR count). The minimum absolute atomic E-state index is 0.0583. The Morgan fingerprint density at radius 2 is 2.11 bits per heavy atom. The Morgan fingerprint density at radius 1 is 1.32 bits per heavy atom. The number of carbonyl (C=O) groups excluding carboxylic acids is 1. The summed E-state index contributed by atoms with van der Waals surface area (Å²) in [5.41, 5.74) is 3.01. The Bertz CT molecular complexity index is 595. The molecule has 0 fully saturated rings. The number of anilines is 2. The molecule has 2 aromatic rings. The first-order valence-corrected chi connectivity index (χ1v) is 7.52. The fourth-order valence-electron chi connectivity index (χ4n) is 1.72. The summed E-state index contributed by atoms with van der Waals surface area (Å²) in [7, 11) is 0. The van der Waals surface area contributed by atoms with Gasteiger partial charge in [0.25, 0.3) is 0 Å². The highest BCUT2D eigenvalue weighted by Gasteiger charge is 2.03. The van der Waals surface area contributed by atoms with E-state index in [0.717, 1.165) is 27.3 Å². The van der Waals surface area contributed by atoms with Crippen molar-refractivity contribution >= 4 is 44.5 Å². The SMILES string of the molecule is CC(=O)Nc1ccc(C)c(NCc2ccc(Br)s2)c1. The molecule has 3 nitrogen and oxygen atoms in total. The number of halogens is 1. The second kappa shape index (κ2) is 6.21. The molecule has 19 heavy (non-hydrogen) atoms. The van der Waals surface area contributed by atoms with Gasteiger partial charge in [-0.05, 0) is 52.7 Å². The molecule has 100 valence electrons. The van der Waals surface area contributed by atoms with Crippen LogP contribution in [-0.4, -0.2) is 5.91 Å². The fourth-order valence-corrected chi connectivity index (χ4v) is 3.15. The molecule has 2 N–H and O–H groups in total. The summed E-state index contributed by atoms with van der Waals surface area (Å²) in [5, 5.41) is 6.19. The lowest BCUT2D eigenvalue weighted by Crippen LogP contribution is -2.07. The lowest BCUT2D eigenvalue weighted by Gasteiger charge is -2.11. The minimum Gasteiger partial charge on any atom is -0.380 e. The van der Waals surface area contributed by atoms with Crippen LogP contribution >= 0.6 is 27.3 Å². The Balaban J connectivity index is 2.08. The molecule has 0 aliphatic heterocycles. The van der Waals surface area contributed by atoms with Crippen molar-refractivity contribution in [3.8, 4) is 0 Å². The van der Waals surface area contributed by atoms with Crippen LogP contribution in [0.15, 0.2) is 34.1 Å². The molecular weight excluding hydrogens is 324 g/mol. The third-order valence-electron chi connectivity index (χ3n) is 2.64. The molecule has 5 heteroatoms. The van der Waals surface area contributed by atoms with E-state index in [1.807, 2.05) is 31.2 Å². The lowest BCUT2D eigenvalue weighted by molar-refractivity contribution is -0.114. The van der Waals surface area contributed by atoms with Gasteiger partial charge >= 0.3 is 0 Å². The van der Waals surface area contributed by atoms with Crippen LogP contribution in [0, 0.1) is 6.92 Å². The molecule has 0 unspecified atom stereocenters. The molecule has 0 atom stereocenters. The summed E-state index contributed by atoms with van der Waals surface area (Å²) in [4.78, 5) is 12.3. The molecule has 0 aliphatic carbocycles. The maximum atomic E-state index is 11.1. The molecule has 0 saturated carbocycles. The third kappa shape index (κ3) is 4.08. The van der Waals surface area contributed by atoms with Gasteiger partial charge in [-0.15, -0.1) is 11.3 Å². The molecule has 1 aromatic heterocycles. The Morgan fingerprint density at radius 3 is 2.74 bits per heavy atom. The number of hydrogen-bond acceptors (Lipinski definition) is 3. The highest BCUT2D eigenvalue weighted by Crippen LogP contribution is 2.25. The summed E-state index contributed by atoms with van der Waals surface area (Å²) in [6.45, 7) is 4.33. The van der Waals surface area contributed by atoms with Gasteiger partial charge in [0.1, 0.15) is 0 Å². The van der Waals surface area contributed by atoms with E-state index in [0.29, 0.717) is 0 Å². The molecule has 0 bridgehead atoms. The number of amides is 1. The molecule has 1 amide bonds. The quantitative estimate of drug-likeness (QED) is 0.867. The van der Waals surface area contributed by atoms with Crippen molar-refractivity contribution in [3.63, 3.8) is 0 Å². The molecule has 1 heterocycles. The molecule has 0 saturated heterocycles. The Hall–Kier alpha value is -1.33. The molecule has 1 aromatic carbocycles. The Labute approximate surface area is 125 Å². The van der Waals surface area contributed by atoms with E-state index in [-0.39, 0.29) is 5.91 Å². The second-order valence-electron chi connectivity index (χ2n) is 4.27. The zero-order chi connectivity index (χ0) is 13.8.